The molecule has 2 rings (SSSR count). The van der Waals surface area contributed by atoms with E-state index in [1.165, 1.54) is 6.20 Å². The highest BCUT2D eigenvalue weighted by Crippen LogP contribution is 2.11. The van der Waals surface area contributed by atoms with Crippen LogP contribution in [-0.2, 0) is 0 Å². The molecule has 80 valence electrons. The van der Waals surface area contributed by atoms with Gasteiger partial charge in [0, 0.05) is 23.8 Å². The Morgan fingerprint density at radius 3 is 2.44 bits per heavy atom. The van der Waals surface area contributed by atoms with Crippen LogP contribution in [0.3, 0.4) is 0 Å². The van der Waals surface area contributed by atoms with E-state index in [4.69, 9.17) is 5.26 Å². The lowest BCUT2D eigenvalue weighted by atomic mass is 10.4. The van der Waals surface area contributed by atoms with Crippen LogP contribution in [0, 0.1) is 25.2 Å². The average molecular weight is 213 g/mol. The summed E-state index contributed by atoms with van der Waals surface area (Å²) in [5.41, 5.74) is 5.44. The zero-order valence-corrected chi connectivity index (χ0v) is 9.10. The minimum Gasteiger partial charge on any atom is -0.275 e. The number of anilines is 1. The molecule has 0 aromatic carbocycles. The largest absolute Gasteiger partial charge is 0.275 e. The van der Waals surface area contributed by atoms with Gasteiger partial charge in [0.2, 0.25) is 0 Å². The molecule has 0 saturated carbocycles. The molecule has 2 heterocycles. The Morgan fingerprint density at radius 1 is 1.19 bits per heavy atom. The van der Waals surface area contributed by atoms with Crippen molar-refractivity contribution in [2.24, 2.45) is 0 Å². The van der Waals surface area contributed by atoms with E-state index < -0.39 is 0 Å². The summed E-state index contributed by atoms with van der Waals surface area (Å²) in [4.78, 5) is 8.03. The van der Waals surface area contributed by atoms with Crippen LogP contribution in [0.1, 0.15) is 17.1 Å². The van der Waals surface area contributed by atoms with E-state index in [9.17, 15) is 0 Å². The van der Waals surface area contributed by atoms with Crippen molar-refractivity contribution in [1.29, 1.82) is 5.26 Å². The van der Waals surface area contributed by atoms with Crippen molar-refractivity contribution in [3.8, 4) is 6.07 Å². The standard InChI is InChI=1S/C11H11N5/c1-8-3-4-9(2)16(8)15-11-10(7-12)13-5-6-14-11/h3-6H,1-2H3,(H,14,15). The van der Waals surface area contributed by atoms with E-state index in [1.807, 2.05) is 36.7 Å². The van der Waals surface area contributed by atoms with Gasteiger partial charge in [0.05, 0.1) is 0 Å². The maximum Gasteiger partial charge on any atom is 0.184 e. The third kappa shape index (κ3) is 1.73. The van der Waals surface area contributed by atoms with Crippen LogP contribution in [0.4, 0.5) is 5.82 Å². The number of nitrogens with one attached hydrogen (secondary N) is 1. The van der Waals surface area contributed by atoms with Crippen molar-refractivity contribution in [1.82, 2.24) is 14.6 Å². The molecular formula is C11H11N5. The van der Waals surface area contributed by atoms with Crippen LogP contribution < -0.4 is 5.43 Å². The maximum absolute atomic E-state index is 8.88. The second-order valence-corrected chi connectivity index (χ2v) is 3.43. The predicted molar refractivity (Wildman–Crippen MR) is 59.7 cm³/mol. The highest BCUT2D eigenvalue weighted by molar-refractivity contribution is 5.47. The summed E-state index contributed by atoms with van der Waals surface area (Å²) in [7, 11) is 0. The zero-order chi connectivity index (χ0) is 11.5. The highest BCUT2D eigenvalue weighted by Gasteiger charge is 2.06. The first kappa shape index (κ1) is 10.2. The van der Waals surface area contributed by atoms with Crippen LogP contribution in [0.15, 0.2) is 24.5 Å². The molecule has 5 nitrogen and oxygen atoms in total. The van der Waals surface area contributed by atoms with Crippen LogP contribution in [0.25, 0.3) is 0 Å². The Bertz CT molecular complexity index is 530. The first-order valence-corrected chi connectivity index (χ1v) is 4.85. The average Bonchev–Trinajstić information content (AvgIpc) is 2.61. The quantitative estimate of drug-likeness (QED) is 0.823. The number of aromatic nitrogens is 3. The smallest absolute Gasteiger partial charge is 0.184 e. The lowest BCUT2D eigenvalue weighted by Gasteiger charge is -2.11. The monoisotopic (exact) mass is 213 g/mol. The van der Waals surface area contributed by atoms with E-state index in [2.05, 4.69) is 15.4 Å². The summed E-state index contributed by atoms with van der Waals surface area (Å²) in [5, 5.41) is 8.88. The molecule has 0 amide bonds. The molecule has 0 aliphatic carbocycles. The summed E-state index contributed by atoms with van der Waals surface area (Å²) in [6, 6.07) is 5.98. The molecule has 0 unspecified atom stereocenters. The summed E-state index contributed by atoms with van der Waals surface area (Å²) in [6.07, 6.45) is 3.05. The first-order chi connectivity index (χ1) is 7.72. The molecule has 0 saturated heterocycles. The number of aryl methyl sites for hydroxylation is 2. The van der Waals surface area contributed by atoms with Gasteiger partial charge in [-0.25, -0.2) is 9.97 Å². The number of hydrogen-bond donors (Lipinski definition) is 1. The van der Waals surface area contributed by atoms with Crippen molar-refractivity contribution in [3.63, 3.8) is 0 Å². The Kier molecular flexibility index (Phi) is 2.56. The molecule has 0 aliphatic rings. The molecule has 2 aromatic heterocycles. The minimum absolute atomic E-state index is 0.287. The summed E-state index contributed by atoms with van der Waals surface area (Å²) < 4.78 is 1.87. The fraction of sp³-hybridized carbons (Fsp3) is 0.182. The minimum atomic E-state index is 0.287. The van der Waals surface area contributed by atoms with Gasteiger partial charge in [-0.05, 0) is 26.0 Å². The van der Waals surface area contributed by atoms with E-state index in [1.54, 1.807) is 6.20 Å². The number of nitriles is 1. The maximum atomic E-state index is 8.88. The van der Waals surface area contributed by atoms with E-state index in [0.29, 0.717) is 5.82 Å². The molecule has 0 radical (unpaired) electrons. The summed E-state index contributed by atoms with van der Waals surface area (Å²) in [5.74, 6) is 0.465. The predicted octanol–water partition coefficient (Wildman–Crippen LogP) is 1.64. The normalized spacial score (nSPS) is 9.81. The van der Waals surface area contributed by atoms with Gasteiger partial charge in [-0.3, -0.25) is 10.1 Å². The molecule has 1 N–H and O–H groups in total. The van der Waals surface area contributed by atoms with E-state index in [0.717, 1.165) is 11.4 Å². The van der Waals surface area contributed by atoms with E-state index in [-0.39, 0.29) is 5.69 Å². The van der Waals surface area contributed by atoms with Crippen molar-refractivity contribution in [3.05, 3.63) is 41.6 Å². The number of nitrogens with zero attached hydrogens (tertiary/aromatic N) is 4. The zero-order valence-electron chi connectivity index (χ0n) is 9.10. The van der Waals surface area contributed by atoms with Gasteiger partial charge in [-0.15, -0.1) is 0 Å². The van der Waals surface area contributed by atoms with Gasteiger partial charge in [-0.2, -0.15) is 5.26 Å². The highest BCUT2D eigenvalue weighted by atomic mass is 15.4. The third-order valence-corrected chi connectivity index (χ3v) is 2.29. The van der Waals surface area contributed by atoms with Crippen LogP contribution >= 0.6 is 0 Å². The van der Waals surface area contributed by atoms with Gasteiger partial charge in [0.15, 0.2) is 11.5 Å². The number of hydrogen-bond acceptors (Lipinski definition) is 4. The Balaban J connectivity index is 2.38. The second kappa shape index (κ2) is 4.03. The fourth-order valence-corrected chi connectivity index (χ4v) is 1.45. The van der Waals surface area contributed by atoms with Crippen molar-refractivity contribution >= 4 is 5.82 Å². The van der Waals surface area contributed by atoms with Crippen LogP contribution in [-0.4, -0.2) is 14.6 Å². The van der Waals surface area contributed by atoms with Gasteiger partial charge in [0.1, 0.15) is 6.07 Å². The van der Waals surface area contributed by atoms with Gasteiger partial charge in [-0.1, -0.05) is 0 Å². The summed E-state index contributed by atoms with van der Waals surface area (Å²) >= 11 is 0. The lowest BCUT2D eigenvalue weighted by Crippen LogP contribution is -2.14. The van der Waals surface area contributed by atoms with Crippen molar-refractivity contribution in [2.75, 3.05) is 5.43 Å². The van der Waals surface area contributed by atoms with Crippen LogP contribution in [0.2, 0.25) is 0 Å². The number of rotatable bonds is 2. The topological polar surface area (TPSA) is 66.5 Å². The second-order valence-electron chi connectivity index (χ2n) is 3.43. The van der Waals surface area contributed by atoms with Crippen molar-refractivity contribution < 1.29 is 0 Å². The molecule has 0 spiro atoms. The lowest BCUT2D eigenvalue weighted by molar-refractivity contribution is 0.865. The van der Waals surface area contributed by atoms with Gasteiger partial charge in [0.25, 0.3) is 0 Å². The third-order valence-electron chi connectivity index (χ3n) is 2.29. The molecular weight excluding hydrogens is 202 g/mol. The molecule has 5 heteroatoms. The van der Waals surface area contributed by atoms with Crippen molar-refractivity contribution in [2.45, 2.75) is 13.8 Å². The summed E-state index contributed by atoms with van der Waals surface area (Å²) in [6.45, 7) is 3.95. The van der Waals surface area contributed by atoms with Crippen LogP contribution in [0.5, 0.6) is 0 Å². The van der Waals surface area contributed by atoms with Gasteiger partial charge < -0.3 is 0 Å². The Labute approximate surface area is 93.4 Å². The molecule has 0 atom stereocenters. The molecule has 0 fully saturated rings. The Hall–Kier alpha value is -2.35. The van der Waals surface area contributed by atoms with E-state index >= 15 is 0 Å². The Morgan fingerprint density at radius 2 is 1.81 bits per heavy atom. The molecule has 0 bridgehead atoms. The van der Waals surface area contributed by atoms with Gasteiger partial charge >= 0.3 is 0 Å². The fourth-order valence-electron chi connectivity index (χ4n) is 1.45. The SMILES string of the molecule is Cc1ccc(C)n1Nc1nccnc1C#N. The molecule has 2 aromatic rings. The first-order valence-electron chi connectivity index (χ1n) is 4.85. The molecule has 0 aliphatic heterocycles. The molecule has 16 heavy (non-hydrogen) atoms.